The first-order valence-corrected chi connectivity index (χ1v) is 5.16. The molecule has 0 aliphatic carbocycles. The van der Waals surface area contributed by atoms with Crippen LogP contribution in [0.3, 0.4) is 0 Å². The number of rotatable bonds is 2. The molecule has 2 rings (SSSR count). The third kappa shape index (κ3) is 2.07. The predicted molar refractivity (Wildman–Crippen MR) is 55.5 cm³/mol. The van der Waals surface area contributed by atoms with Crippen LogP contribution in [0, 0.1) is 0 Å². The van der Waals surface area contributed by atoms with Crippen LogP contribution in [0.5, 0.6) is 5.75 Å². The Hall–Kier alpha value is -1.02. The van der Waals surface area contributed by atoms with Gasteiger partial charge in [-0.05, 0) is 37.0 Å². The minimum atomic E-state index is 0.301. The summed E-state index contributed by atoms with van der Waals surface area (Å²) in [4.78, 5) is 0. The number of hydrogen-bond acceptors (Lipinski definition) is 2. The van der Waals surface area contributed by atoms with Gasteiger partial charge in [0.05, 0.1) is 13.2 Å². The number of hydrogen-bond donors (Lipinski definition) is 0. The number of ether oxygens (including phenoxy) is 2. The topological polar surface area (TPSA) is 18.5 Å². The summed E-state index contributed by atoms with van der Waals surface area (Å²) in [6.45, 7) is 0.899. The molecule has 0 saturated carbocycles. The van der Waals surface area contributed by atoms with Gasteiger partial charge in [-0.3, -0.25) is 0 Å². The maximum absolute atomic E-state index is 5.70. The van der Waals surface area contributed by atoms with E-state index in [0.29, 0.717) is 6.10 Å². The zero-order valence-electron chi connectivity index (χ0n) is 8.53. The van der Waals surface area contributed by atoms with Crippen molar-refractivity contribution in [3.05, 3.63) is 29.8 Å². The number of methoxy groups -OCH3 is 1. The molecule has 1 aliphatic heterocycles. The van der Waals surface area contributed by atoms with Crippen molar-refractivity contribution in [3.8, 4) is 5.75 Å². The molecule has 2 heteroatoms. The lowest BCUT2D eigenvalue weighted by atomic mass is 10.0. The highest BCUT2D eigenvalue weighted by Gasteiger charge is 2.15. The monoisotopic (exact) mass is 192 g/mol. The van der Waals surface area contributed by atoms with Crippen molar-refractivity contribution in [3.63, 3.8) is 0 Å². The highest BCUT2D eigenvalue weighted by molar-refractivity contribution is 5.28. The van der Waals surface area contributed by atoms with Gasteiger partial charge < -0.3 is 9.47 Å². The van der Waals surface area contributed by atoms with Crippen molar-refractivity contribution < 1.29 is 9.47 Å². The van der Waals surface area contributed by atoms with Gasteiger partial charge in [0.15, 0.2) is 0 Å². The van der Waals surface area contributed by atoms with Gasteiger partial charge in [-0.2, -0.15) is 0 Å². The molecule has 0 radical (unpaired) electrons. The molecule has 2 nitrogen and oxygen atoms in total. The quantitative estimate of drug-likeness (QED) is 0.717. The second kappa shape index (κ2) is 4.47. The summed E-state index contributed by atoms with van der Waals surface area (Å²) in [6.07, 6.45) is 3.92. The molecular weight excluding hydrogens is 176 g/mol. The van der Waals surface area contributed by atoms with Crippen LogP contribution in [-0.4, -0.2) is 13.7 Å². The second-order valence-electron chi connectivity index (χ2n) is 3.63. The molecule has 1 heterocycles. The zero-order valence-corrected chi connectivity index (χ0v) is 8.53. The normalized spacial score (nSPS) is 21.9. The molecule has 0 aromatic heterocycles. The summed E-state index contributed by atoms with van der Waals surface area (Å²) < 4.78 is 10.8. The maximum atomic E-state index is 5.70. The van der Waals surface area contributed by atoms with E-state index in [9.17, 15) is 0 Å². The van der Waals surface area contributed by atoms with E-state index in [0.717, 1.165) is 18.8 Å². The fraction of sp³-hybridized carbons (Fsp3) is 0.500. The van der Waals surface area contributed by atoms with Gasteiger partial charge in [-0.15, -0.1) is 0 Å². The summed E-state index contributed by atoms with van der Waals surface area (Å²) in [5.41, 5.74) is 1.27. The van der Waals surface area contributed by atoms with Crippen molar-refractivity contribution in [1.82, 2.24) is 0 Å². The molecule has 0 spiro atoms. The Morgan fingerprint density at radius 2 is 2.00 bits per heavy atom. The van der Waals surface area contributed by atoms with Gasteiger partial charge in [-0.25, -0.2) is 0 Å². The van der Waals surface area contributed by atoms with E-state index in [1.54, 1.807) is 7.11 Å². The van der Waals surface area contributed by atoms with Crippen LogP contribution in [0.1, 0.15) is 30.9 Å². The molecule has 76 valence electrons. The van der Waals surface area contributed by atoms with E-state index in [2.05, 4.69) is 12.1 Å². The molecule has 1 fully saturated rings. The summed E-state index contributed by atoms with van der Waals surface area (Å²) in [5, 5.41) is 0. The minimum absolute atomic E-state index is 0.301. The Labute approximate surface area is 84.8 Å². The Kier molecular flexibility index (Phi) is 3.04. The van der Waals surface area contributed by atoms with E-state index in [4.69, 9.17) is 9.47 Å². The van der Waals surface area contributed by atoms with Gasteiger partial charge in [-0.1, -0.05) is 12.1 Å². The van der Waals surface area contributed by atoms with Crippen LogP contribution in [-0.2, 0) is 4.74 Å². The van der Waals surface area contributed by atoms with E-state index >= 15 is 0 Å². The Balaban J connectivity index is 2.07. The lowest BCUT2D eigenvalue weighted by Crippen LogP contribution is -2.11. The molecule has 14 heavy (non-hydrogen) atoms. The fourth-order valence-corrected chi connectivity index (χ4v) is 1.82. The first-order chi connectivity index (χ1) is 6.90. The number of benzene rings is 1. The highest BCUT2D eigenvalue weighted by Crippen LogP contribution is 2.28. The first kappa shape index (κ1) is 9.53. The summed E-state index contributed by atoms with van der Waals surface area (Å²) in [5.74, 6) is 0.907. The van der Waals surface area contributed by atoms with Crippen LogP contribution < -0.4 is 4.74 Å². The molecule has 0 unspecified atom stereocenters. The van der Waals surface area contributed by atoms with Crippen LogP contribution in [0.25, 0.3) is 0 Å². The summed E-state index contributed by atoms with van der Waals surface area (Å²) in [6, 6.07) is 8.17. The zero-order chi connectivity index (χ0) is 9.80. The third-order valence-electron chi connectivity index (χ3n) is 2.67. The lowest BCUT2D eigenvalue weighted by Gasteiger charge is -2.22. The SMILES string of the molecule is COc1ccc([C@H]2CCCCO2)cc1. The maximum Gasteiger partial charge on any atom is 0.118 e. The van der Waals surface area contributed by atoms with Crippen LogP contribution in [0.4, 0.5) is 0 Å². The average molecular weight is 192 g/mol. The smallest absolute Gasteiger partial charge is 0.118 e. The lowest BCUT2D eigenvalue weighted by molar-refractivity contribution is 0.0149. The van der Waals surface area contributed by atoms with Crippen molar-refractivity contribution in [2.75, 3.05) is 13.7 Å². The van der Waals surface area contributed by atoms with Gasteiger partial charge in [0.1, 0.15) is 5.75 Å². The molecule has 1 atom stereocenters. The van der Waals surface area contributed by atoms with Gasteiger partial charge in [0.2, 0.25) is 0 Å². The molecule has 1 saturated heterocycles. The van der Waals surface area contributed by atoms with Crippen LogP contribution >= 0.6 is 0 Å². The van der Waals surface area contributed by atoms with E-state index in [1.165, 1.54) is 18.4 Å². The molecule has 1 aliphatic rings. The summed E-state index contributed by atoms with van der Waals surface area (Å²) >= 11 is 0. The molecule has 0 bridgehead atoms. The van der Waals surface area contributed by atoms with Gasteiger partial charge >= 0.3 is 0 Å². The largest absolute Gasteiger partial charge is 0.497 e. The van der Waals surface area contributed by atoms with E-state index in [-0.39, 0.29) is 0 Å². The third-order valence-corrected chi connectivity index (χ3v) is 2.67. The Bertz CT molecular complexity index is 273. The van der Waals surface area contributed by atoms with Crippen molar-refractivity contribution in [1.29, 1.82) is 0 Å². The molecule has 0 amide bonds. The predicted octanol–water partition coefficient (Wildman–Crippen LogP) is 2.94. The first-order valence-electron chi connectivity index (χ1n) is 5.16. The molecular formula is C12H16O2. The standard InChI is InChI=1S/C12H16O2/c1-13-11-7-5-10(6-8-11)12-4-2-3-9-14-12/h5-8,12H,2-4,9H2,1H3/t12-/m1/s1. The second-order valence-corrected chi connectivity index (χ2v) is 3.63. The van der Waals surface area contributed by atoms with Crippen LogP contribution in [0.2, 0.25) is 0 Å². The summed E-state index contributed by atoms with van der Waals surface area (Å²) in [7, 11) is 1.69. The molecule has 1 aromatic rings. The van der Waals surface area contributed by atoms with E-state index in [1.807, 2.05) is 12.1 Å². The average Bonchev–Trinajstić information content (AvgIpc) is 2.30. The van der Waals surface area contributed by atoms with E-state index < -0.39 is 0 Å². The van der Waals surface area contributed by atoms with Crippen molar-refractivity contribution in [2.45, 2.75) is 25.4 Å². The molecule has 0 N–H and O–H groups in total. The van der Waals surface area contributed by atoms with Crippen molar-refractivity contribution in [2.24, 2.45) is 0 Å². The highest BCUT2D eigenvalue weighted by atomic mass is 16.5. The minimum Gasteiger partial charge on any atom is -0.497 e. The van der Waals surface area contributed by atoms with Gasteiger partial charge in [0, 0.05) is 6.61 Å². The Morgan fingerprint density at radius 1 is 1.21 bits per heavy atom. The van der Waals surface area contributed by atoms with Crippen LogP contribution in [0.15, 0.2) is 24.3 Å². The fourth-order valence-electron chi connectivity index (χ4n) is 1.82. The Morgan fingerprint density at radius 3 is 2.57 bits per heavy atom. The van der Waals surface area contributed by atoms with Crippen molar-refractivity contribution >= 4 is 0 Å². The van der Waals surface area contributed by atoms with Gasteiger partial charge in [0.25, 0.3) is 0 Å². The molecule has 1 aromatic carbocycles.